The second-order valence-electron chi connectivity index (χ2n) is 8.72. The van der Waals surface area contributed by atoms with Crippen LogP contribution in [-0.2, 0) is 16.0 Å². The summed E-state index contributed by atoms with van der Waals surface area (Å²) in [5.41, 5.74) is 1.83. The molecule has 0 aliphatic carbocycles. The van der Waals surface area contributed by atoms with Gasteiger partial charge >= 0.3 is 0 Å². The molecule has 2 aliphatic heterocycles. The Morgan fingerprint density at radius 3 is 2.59 bits per heavy atom. The molecule has 0 saturated carbocycles. The molecule has 0 bridgehead atoms. The summed E-state index contributed by atoms with van der Waals surface area (Å²) in [6.45, 7) is 7.00. The first-order valence-corrected chi connectivity index (χ1v) is 12.3. The number of carbonyl (C=O) groups is 1. The van der Waals surface area contributed by atoms with Crippen molar-refractivity contribution in [3.63, 3.8) is 0 Å². The van der Waals surface area contributed by atoms with Gasteiger partial charge < -0.3 is 25.0 Å². The van der Waals surface area contributed by atoms with Crippen LogP contribution in [0.4, 0.5) is 0 Å². The lowest BCUT2D eigenvalue weighted by Crippen LogP contribution is -2.47. The quantitative estimate of drug-likeness (QED) is 0.347. The number of likely N-dealkylation sites (tertiary alicyclic amines) is 1. The Labute approximate surface area is 192 Å². The van der Waals surface area contributed by atoms with E-state index >= 15 is 0 Å². The Kier molecular flexibility index (Phi) is 10.3. The van der Waals surface area contributed by atoms with E-state index in [0.29, 0.717) is 18.2 Å². The van der Waals surface area contributed by atoms with Crippen LogP contribution in [0.15, 0.2) is 29.3 Å². The molecule has 2 saturated heterocycles. The summed E-state index contributed by atoms with van der Waals surface area (Å²) in [6.07, 6.45) is 8.25. The summed E-state index contributed by atoms with van der Waals surface area (Å²) >= 11 is 0. The van der Waals surface area contributed by atoms with Crippen LogP contribution in [0.1, 0.15) is 67.8 Å². The van der Waals surface area contributed by atoms with E-state index in [-0.39, 0.29) is 12.0 Å². The second-order valence-corrected chi connectivity index (χ2v) is 8.72. The first-order valence-electron chi connectivity index (χ1n) is 12.3. The zero-order valence-electron chi connectivity index (χ0n) is 19.8. The van der Waals surface area contributed by atoms with Gasteiger partial charge in [0.1, 0.15) is 0 Å². The number of carbonyl (C=O) groups excluding carboxylic acids is 1. The number of amides is 1. The van der Waals surface area contributed by atoms with Gasteiger partial charge in [-0.3, -0.25) is 9.79 Å². The molecule has 3 rings (SSSR count). The number of piperidine rings is 1. The highest BCUT2D eigenvalue weighted by molar-refractivity contribution is 5.94. The van der Waals surface area contributed by atoms with Crippen molar-refractivity contribution in [3.8, 4) is 0 Å². The number of rotatable bonds is 9. The lowest BCUT2D eigenvalue weighted by molar-refractivity contribution is -0.0721. The van der Waals surface area contributed by atoms with Crippen molar-refractivity contribution in [2.75, 3.05) is 39.9 Å². The highest BCUT2D eigenvalue weighted by atomic mass is 16.5. The number of guanidine groups is 1. The van der Waals surface area contributed by atoms with Crippen LogP contribution in [-0.4, -0.2) is 68.9 Å². The second kappa shape index (κ2) is 13.4. The van der Waals surface area contributed by atoms with Crippen molar-refractivity contribution in [1.29, 1.82) is 0 Å². The molecule has 0 radical (unpaired) electrons. The first-order chi connectivity index (χ1) is 15.7. The highest BCUT2D eigenvalue weighted by Gasteiger charge is 2.23. The van der Waals surface area contributed by atoms with Crippen LogP contribution < -0.4 is 10.6 Å². The fourth-order valence-corrected chi connectivity index (χ4v) is 4.18. The van der Waals surface area contributed by atoms with Crippen LogP contribution in [0.2, 0.25) is 0 Å². The van der Waals surface area contributed by atoms with E-state index in [0.717, 1.165) is 76.5 Å². The molecule has 1 aromatic rings. The predicted molar refractivity (Wildman–Crippen MR) is 128 cm³/mol. The summed E-state index contributed by atoms with van der Waals surface area (Å²) in [6, 6.07) is 7.78. The molecule has 2 aliphatic rings. The van der Waals surface area contributed by atoms with Gasteiger partial charge in [-0.1, -0.05) is 25.5 Å². The minimum Gasteiger partial charge on any atom is -0.376 e. The predicted octanol–water partition coefficient (Wildman–Crippen LogP) is 3.34. The van der Waals surface area contributed by atoms with Crippen LogP contribution >= 0.6 is 0 Å². The molecule has 1 unspecified atom stereocenters. The zero-order chi connectivity index (χ0) is 22.6. The maximum absolute atomic E-state index is 12.1. The summed E-state index contributed by atoms with van der Waals surface area (Å²) in [5.74, 6) is 0.911. The van der Waals surface area contributed by atoms with Crippen LogP contribution in [0.3, 0.4) is 0 Å². The molecule has 32 heavy (non-hydrogen) atoms. The van der Waals surface area contributed by atoms with Crippen LogP contribution in [0, 0.1) is 0 Å². The maximum atomic E-state index is 12.1. The summed E-state index contributed by atoms with van der Waals surface area (Å²) in [5, 5.41) is 6.41. The van der Waals surface area contributed by atoms with Gasteiger partial charge in [0.05, 0.1) is 18.8 Å². The van der Waals surface area contributed by atoms with E-state index < -0.39 is 0 Å². The number of aliphatic imine (C=N–C) groups is 1. The minimum absolute atomic E-state index is 0.00564. The summed E-state index contributed by atoms with van der Waals surface area (Å²) in [4.78, 5) is 18.9. The van der Waals surface area contributed by atoms with Gasteiger partial charge in [0.25, 0.3) is 5.91 Å². The fraction of sp³-hybridized carbons (Fsp3) is 0.680. The Morgan fingerprint density at radius 1 is 1.16 bits per heavy atom. The molecule has 2 fully saturated rings. The molecule has 2 heterocycles. The molecule has 1 amide bonds. The zero-order valence-corrected chi connectivity index (χ0v) is 19.8. The van der Waals surface area contributed by atoms with E-state index in [4.69, 9.17) is 9.47 Å². The van der Waals surface area contributed by atoms with Crippen molar-refractivity contribution < 1.29 is 14.3 Å². The molecule has 1 atom stereocenters. The number of nitrogens with one attached hydrogen (secondary N) is 2. The van der Waals surface area contributed by atoms with Gasteiger partial charge in [-0.25, -0.2) is 0 Å². The minimum atomic E-state index is -0.00564. The smallest absolute Gasteiger partial charge is 0.251 e. The third-order valence-electron chi connectivity index (χ3n) is 6.23. The fourth-order valence-electron chi connectivity index (χ4n) is 4.18. The van der Waals surface area contributed by atoms with E-state index in [9.17, 15) is 4.79 Å². The van der Waals surface area contributed by atoms with Gasteiger partial charge in [0.2, 0.25) is 0 Å². The number of nitrogens with zero attached hydrogens (tertiary/aromatic N) is 2. The number of benzene rings is 1. The van der Waals surface area contributed by atoms with E-state index in [1.54, 1.807) is 0 Å². The van der Waals surface area contributed by atoms with E-state index in [2.05, 4.69) is 27.4 Å². The van der Waals surface area contributed by atoms with Crippen LogP contribution in [0.5, 0.6) is 0 Å². The van der Waals surface area contributed by atoms with Crippen molar-refractivity contribution in [2.45, 2.75) is 70.6 Å². The normalized spacial score (nSPS) is 20.2. The Morgan fingerprint density at radius 2 is 1.94 bits per heavy atom. The van der Waals surface area contributed by atoms with Crippen molar-refractivity contribution in [3.05, 3.63) is 35.4 Å². The van der Waals surface area contributed by atoms with E-state index in [1.807, 2.05) is 31.3 Å². The van der Waals surface area contributed by atoms with Gasteiger partial charge in [-0.05, 0) is 56.2 Å². The maximum Gasteiger partial charge on any atom is 0.251 e. The van der Waals surface area contributed by atoms with E-state index in [1.165, 1.54) is 12.8 Å². The molecule has 0 spiro atoms. The lowest BCUT2D eigenvalue weighted by atomic mass is 10.1. The lowest BCUT2D eigenvalue weighted by Gasteiger charge is -2.35. The average Bonchev–Trinajstić information content (AvgIpc) is 2.85. The molecule has 178 valence electrons. The van der Waals surface area contributed by atoms with Gasteiger partial charge in [-0.15, -0.1) is 0 Å². The van der Waals surface area contributed by atoms with Crippen molar-refractivity contribution >= 4 is 11.9 Å². The van der Waals surface area contributed by atoms with Crippen LogP contribution in [0.25, 0.3) is 0 Å². The number of hydrogen-bond acceptors (Lipinski definition) is 4. The highest BCUT2D eigenvalue weighted by Crippen LogP contribution is 2.18. The molecular weight excluding hydrogens is 404 g/mol. The standard InChI is InChI=1S/C25H40N4O3/c1-3-4-14-27-24(30)21-10-8-20(9-11-21)18-28-25(26-2)29-15-12-22(13-16-29)32-19-23-7-5-6-17-31-23/h8-11,22-23H,3-7,12-19H2,1-2H3,(H,26,28)(H,27,30). The molecule has 1 aromatic carbocycles. The largest absolute Gasteiger partial charge is 0.376 e. The third-order valence-corrected chi connectivity index (χ3v) is 6.23. The number of unbranched alkanes of at least 4 members (excludes halogenated alkanes) is 1. The molecule has 7 heteroatoms. The third kappa shape index (κ3) is 7.78. The Bertz CT molecular complexity index is 708. The topological polar surface area (TPSA) is 75.2 Å². The molecule has 7 nitrogen and oxygen atoms in total. The summed E-state index contributed by atoms with van der Waals surface area (Å²) < 4.78 is 11.9. The average molecular weight is 445 g/mol. The van der Waals surface area contributed by atoms with Gasteiger partial charge in [-0.2, -0.15) is 0 Å². The Balaban J connectivity index is 1.38. The van der Waals surface area contributed by atoms with Crippen molar-refractivity contribution in [1.82, 2.24) is 15.5 Å². The van der Waals surface area contributed by atoms with Gasteiger partial charge in [0, 0.05) is 45.4 Å². The molecule has 2 N–H and O–H groups in total. The summed E-state index contributed by atoms with van der Waals surface area (Å²) in [7, 11) is 1.83. The number of ether oxygens (including phenoxy) is 2. The molecular formula is C25H40N4O3. The first kappa shape index (κ1) is 24.5. The molecule has 0 aromatic heterocycles. The van der Waals surface area contributed by atoms with Crippen molar-refractivity contribution in [2.24, 2.45) is 4.99 Å². The van der Waals surface area contributed by atoms with Gasteiger partial charge in [0.15, 0.2) is 5.96 Å². The Hall–Kier alpha value is -2.12. The number of hydrogen-bond donors (Lipinski definition) is 2. The SMILES string of the molecule is CCCCNC(=O)c1ccc(CNC(=NC)N2CCC(OCC3CCCCO3)CC2)cc1. The monoisotopic (exact) mass is 444 g/mol.